The van der Waals surface area contributed by atoms with Gasteiger partial charge >= 0.3 is 0 Å². The molecule has 0 atom stereocenters. The molecule has 0 saturated heterocycles. The normalized spacial score (nSPS) is 10.4. The van der Waals surface area contributed by atoms with E-state index >= 15 is 0 Å². The second-order valence-corrected chi connectivity index (χ2v) is 4.03. The number of benzene rings is 1. The first kappa shape index (κ1) is 11.7. The maximum atomic E-state index is 8.55. The molecule has 0 spiro atoms. The summed E-state index contributed by atoms with van der Waals surface area (Å²) in [6.07, 6.45) is 1.74. The third-order valence-corrected chi connectivity index (χ3v) is 2.41. The van der Waals surface area contributed by atoms with E-state index in [1.54, 1.807) is 0 Å². The SMILES string of the molecule is OCCCCOCc1ccc(Br)cc1. The minimum atomic E-state index is 0.252. The summed E-state index contributed by atoms with van der Waals surface area (Å²) in [7, 11) is 0. The zero-order valence-electron chi connectivity index (χ0n) is 8.08. The Morgan fingerprint density at radius 1 is 1.14 bits per heavy atom. The van der Waals surface area contributed by atoms with Crippen LogP contribution in [0.15, 0.2) is 28.7 Å². The van der Waals surface area contributed by atoms with Crippen molar-refractivity contribution in [3.05, 3.63) is 34.3 Å². The van der Waals surface area contributed by atoms with E-state index in [2.05, 4.69) is 15.9 Å². The maximum absolute atomic E-state index is 8.55. The van der Waals surface area contributed by atoms with Crippen LogP contribution in [0, 0.1) is 0 Å². The Morgan fingerprint density at radius 2 is 1.86 bits per heavy atom. The van der Waals surface area contributed by atoms with Crippen molar-refractivity contribution in [3.63, 3.8) is 0 Å². The number of aliphatic hydroxyl groups is 1. The van der Waals surface area contributed by atoms with Crippen LogP contribution in [0.1, 0.15) is 18.4 Å². The molecule has 0 aliphatic carbocycles. The number of aliphatic hydroxyl groups excluding tert-OH is 1. The molecule has 0 heterocycles. The molecular weight excluding hydrogens is 244 g/mol. The number of ether oxygens (including phenoxy) is 1. The highest BCUT2D eigenvalue weighted by Crippen LogP contribution is 2.11. The summed E-state index contributed by atoms with van der Waals surface area (Å²) in [6, 6.07) is 8.09. The summed E-state index contributed by atoms with van der Waals surface area (Å²) in [5.41, 5.74) is 1.18. The van der Waals surface area contributed by atoms with Crippen LogP contribution in [0.5, 0.6) is 0 Å². The fourth-order valence-electron chi connectivity index (χ4n) is 1.09. The van der Waals surface area contributed by atoms with Gasteiger partial charge in [-0.15, -0.1) is 0 Å². The van der Waals surface area contributed by atoms with Gasteiger partial charge in [-0.25, -0.2) is 0 Å². The fraction of sp³-hybridized carbons (Fsp3) is 0.455. The molecule has 0 saturated carbocycles. The molecule has 2 nitrogen and oxygen atoms in total. The Bertz CT molecular complexity index is 246. The van der Waals surface area contributed by atoms with Gasteiger partial charge < -0.3 is 9.84 Å². The third kappa shape index (κ3) is 4.74. The Labute approximate surface area is 93.0 Å². The lowest BCUT2D eigenvalue weighted by atomic mass is 10.2. The van der Waals surface area contributed by atoms with Crippen LogP contribution in [-0.2, 0) is 11.3 Å². The Hall–Kier alpha value is -0.380. The molecule has 0 unspecified atom stereocenters. The van der Waals surface area contributed by atoms with Gasteiger partial charge in [-0.1, -0.05) is 28.1 Å². The molecule has 0 amide bonds. The van der Waals surface area contributed by atoms with Crippen LogP contribution in [0.4, 0.5) is 0 Å². The van der Waals surface area contributed by atoms with E-state index < -0.39 is 0 Å². The molecule has 0 aromatic heterocycles. The van der Waals surface area contributed by atoms with Gasteiger partial charge in [0.1, 0.15) is 0 Å². The molecule has 14 heavy (non-hydrogen) atoms. The Kier molecular flexibility index (Phi) is 5.83. The van der Waals surface area contributed by atoms with Crippen molar-refractivity contribution in [2.45, 2.75) is 19.4 Å². The average molecular weight is 259 g/mol. The molecule has 0 radical (unpaired) electrons. The average Bonchev–Trinajstić information content (AvgIpc) is 2.21. The van der Waals surface area contributed by atoms with Gasteiger partial charge in [-0.3, -0.25) is 0 Å². The molecule has 1 aromatic carbocycles. The second kappa shape index (κ2) is 6.98. The minimum Gasteiger partial charge on any atom is -0.396 e. The molecule has 0 aliphatic rings. The van der Waals surface area contributed by atoms with Crippen molar-refractivity contribution in [2.75, 3.05) is 13.2 Å². The summed E-state index contributed by atoms with van der Waals surface area (Å²) in [6.45, 7) is 1.62. The van der Waals surface area contributed by atoms with Gasteiger partial charge in [-0.2, -0.15) is 0 Å². The lowest BCUT2D eigenvalue weighted by Crippen LogP contribution is -1.96. The van der Waals surface area contributed by atoms with E-state index in [9.17, 15) is 0 Å². The Morgan fingerprint density at radius 3 is 2.50 bits per heavy atom. The van der Waals surface area contributed by atoms with Gasteiger partial charge in [-0.05, 0) is 30.5 Å². The van der Waals surface area contributed by atoms with Crippen LogP contribution in [0.25, 0.3) is 0 Å². The highest BCUT2D eigenvalue weighted by atomic mass is 79.9. The summed E-state index contributed by atoms with van der Waals surface area (Å²) in [5, 5.41) is 8.55. The van der Waals surface area contributed by atoms with Crippen molar-refractivity contribution in [1.82, 2.24) is 0 Å². The minimum absolute atomic E-state index is 0.252. The quantitative estimate of drug-likeness (QED) is 0.796. The zero-order valence-corrected chi connectivity index (χ0v) is 9.66. The highest BCUT2D eigenvalue weighted by Gasteiger charge is 1.93. The molecule has 3 heteroatoms. The first-order valence-corrected chi connectivity index (χ1v) is 5.55. The molecule has 0 fully saturated rings. The van der Waals surface area contributed by atoms with Crippen molar-refractivity contribution in [1.29, 1.82) is 0 Å². The lowest BCUT2D eigenvalue weighted by molar-refractivity contribution is 0.112. The van der Waals surface area contributed by atoms with Gasteiger partial charge in [0.25, 0.3) is 0 Å². The molecule has 0 aliphatic heterocycles. The largest absolute Gasteiger partial charge is 0.396 e. The first-order chi connectivity index (χ1) is 6.83. The number of unbranched alkanes of at least 4 members (excludes halogenated alkanes) is 1. The monoisotopic (exact) mass is 258 g/mol. The van der Waals surface area contributed by atoms with E-state index in [4.69, 9.17) is 9.84 Å². The topological polar surface area (TPSA) is 29.5 Å². The van der Waals surface area contributed by atoms with Crippen molar-refractivity contribution in [3.8, 4) is 0 Å². The molecule has 78 valence electrons. The number of hydrogen-bond acceptors (Lipinski definition) is 2. The van der Waals surface area contributed by atoms with E-state index in [1.165, 1.54) is 5.56 Å². The van der Waals surface area contributed by atoms with Crippen molar-refractivity contribution >= 4 is 15.9 Å². The smallest absolute Gasteiger partial charge is 0.0716 e. The van der Waals surface area contributed by atoms with Gasteiger partial charge in [0.2, 0.25) is 0 Å². The number of hydrogen-bond donors (Lipinski definition) is 1. The first-order valence-electron chi connectivity index (χ1n) is 4.76. The van der Waals surface area contributed by atoms with Gasteiger partial charge in [0.15, 0.2) is 0 Å². The summed E-state index contributed by atoms with van der Waals surface area (Å²) >= 11 is 3.38. The van der Waals surface area contributed by atoms with Crippen LogP contribution in [-0.4, -0.2) is 18.3 Å². The second-order valence-electron chi connectivity index (χ2n) is 3.11. The van der Waals surface area contributed by atoms with E-state index in [-0.39, 0.29) is 6.61 Å². The predicted octanol–water partition coefficient (Wildman–Crippen LogP) is 2.74. The van der Waals surface area contributed by atoms with Crippen LogP contribution in [0.2, 0.25) is 0 Å². The van der Waals surface area contributed by atoms with E-state index in [1.807, 2.05) is 24.3 Å². The molecule has 1 aromatic rings. The Balaban J connectivity index is 2.15. The third-order valence-electron chi connectivity index (χ3n) is 1.88. The van der Waals surface area contributed by atoms with E-state index in [0.717, 1.165) is 23.9 Å². The lowest BCUT2D eigenvalue weighted by Gasteiger charge is -2.03. The predicted molar refractivity (Wildman–Crippen MR) is 60.1 cm³/mol. The molecule has 0 bridgehead atoms. The molecule has 1 rings (SSSR count). The van der Waals surface area contributed by atoms with Crippen LogP contribution in [0.3, 0.4) is 0 Å². The number of rotatable bonds is 6. The van der Waals surface area contributed by atoms with Gasteiger partial charge in [0.05, 0.1) is 6.61 Å². The fourth-order valence-corrected chi connectivity index (χ4v) is 1.35. The zero-order chi connectivity index (χ0) is 10.2. The summed E-state index contributed by atoms with van der Waals surface area (Å²) in [4.78, 5) is 0. The number of halogens is 1. The summed E-state index contributed by atoms with van der Waals surface area (Å²) < 4.78 is 6.52. The van der Waals surface area contributed by atoms with Crippen LogP contribution >= 0.6 is 15.9 Å². The van der Waals surface area contributed by atoms with Gasteiger partial charge in [0, 0.05) is 17.7 Å². The van der Waals surface area contributed by atoms with Crippen LogP contribution < -0.4 is 0 Å². The maximum Gasteiger partial charge on any atom is 0.0716 e. The van der Waals surface area contributed by atoms with E-state index in [0.29, 0.717) is 6.61 Å². The van der Waals surface area contributed by atoms with Crippen molar-refractivity contribution < 1.29 is 9.84 Å². The standard InChI is InChI=1S/C11H15BrO2/c12-11-5-3-10(4-6-11)9-14-8-2-1-7-13/h3-6,13H,1-2,7-9H2. The molecule has 1 N–H and O–H groups in total. The van der Waals surface area contributed by atoms with Crippen molar-refractivity contribution in [2.24, 2.45) is 0 Å². The highest BCUT2D eigenvalue weighted by molar-refractivity contribution is 9.10. The molecular formula is C11H15BrO2. The summed E-state index contributed by atoms with van der Waals surface area (Å²) in [5.74, 6) is 0.